The highest BCUT2D eigenvalue weighted by atomic mass is 35.5. The molecule has 0 atom stereocenters. The van der Waals surface area contributed by atoms with Crippen LogP contribution in [-0.4, -0.2) is 19.5 Å². The minimum Gasteiger partial charge on any atom is -0.393 e. The Hall–Kier alpha value is -2.05. The highest BCUT2D eigenvalue weighted by Gasteiger charge is 2.10. The van der Waals surface area contributed by atoms with Gasteiger partial charge in [0.25, 0.3) is 0 Å². The van der Waals surface area contributed by atoms with E-state index in [1.807, 2.05) is 24.3 Å². The zero-order chi connectivity index (χ0) is 13.9. The molecule has 3 rings (SSSR count). The average Bonchev–Trinajstić information content (AvgIpc) is 2.97. The number of nitrogens with two attached hydrogens (primary N) is 1. The van der Waals surface area contributed by atoms with E-state index < -0.39 is 0 Å². The van der Waals surface area contributed by atoms with Crippen molar-refractivity contribution in [1.82, 2.24) is 19.5 Å². The van der Waals surface area contributed by atoms with Gasteiger partial charge in [-0.3, -0.25) is 4.57 Å². The number of imidazole rings is 1. The van der Waals surface area contributed by atoms with Gasteiger partial charge in [0.15, 0.2) is 5.82 Å². The van der Waals surface area contributed by atoms with Crippen LogP contribution in [0, 0.1) is 0 Å². The lowest BCUT2D eigenvalue weighted by atomic mass is 10.4. The number of anilines is 1. The summed E-state index contributed by atoms with van der Waals surface area (Å²) in [5.41, 5.74) is 6.65. The first kappa shape index (κ1) is 13.0. The topological polar surface area (TPSA) is 69.6 Å². The Balaban J connectivity index is 1.94. The Labute approximate surface area is 124 Å². The van der Waals surface area contributed by atoms with Crippen LogP contribution in [0.1, 0.15) is 0 Å². The van der Waals surface area contributed by atoms with E-state index in [0.29, 0.717) is 21.6 Å². The maximum Gasteiger partial charge on any atom is 0.165 e. The molecule has 0 radical (unpaired) electrons. The molecular formula is C13H10ClN5S. The minimum atomic E-state index is 0.519. The maximum absolute atomic E-state index is 6.13. The molecule has 0 spiro atoms. The molecule has 20 heavy (non-hydrogen) atoms. The Morgan fingerprint density at radius 1 is 1.15 bits per heavy atom. The number of rotatable bonds is 3. The molecular weight excluding hydrogens is 294 g/mol. The van der Waals surface area contributed by atoms with Crippen molar-refractivity contribution in [3.05, 3.63) is 54.3 Å². The van der Waals surface area contributed by atoms with Crippen molar-refractivity contribution in [1.29, 1.82) is 0 Å². The number of nitrogen functional groups attached to an aromatic ring is 1. The van der Waals surface area contributed by atoms with Crippen LogP contribution in [0.4, 0.5) is 5.69 Å². The zero-order valence-electron chi connectivity index (χ0n) is 10.3. The van der Waals surface area contributed by atoms with Gasteiger partial charge in [0.2, 0.25) is 0 Å². The van der Waals surface area contributed by atoms with Crippen molar-refractivity contribution >= 4 is 29.1 Å². The van der Waals surface area contributed by atoms with Crippen LogP contribution in [0.15, 0.2) is 59.2 Å². The second-order valence-electron chi connectivity index (χ2n) is 3.94. The van der Waals surface area contributed by atoms with Crippen molar-refractivity contribution < 1.29 is 0 Å². The van der Waals surface area contributed by atoms with Crippen LogP contribution < -0.4 is 5.73 Å². The molecule has 0 fully saturated rings. The third-order valence-corrected chi connectivity index (χ3v) is 3.88. The summed E-state index contributed by atoms with van der Waals surface area (Å²) in [5, 5.41) is 1.40. The minimum absolute atomic E-state index is 0.519. The monoisotopic (exact) mass is 303 g/mol. The van der Waals surface area contributed by atoms with E-state index >= 15 is 0 Å². The van der Waals surface area contributed by atoms with E-state index in [1.165, 1.54) is 18.1 Å². The number of aromatic nitrogens is 4. The fourth-order valence-corrected chi connectivity index (χ4v) is 2.58. The fraction of sp³-hybridized carbons (Fsp3) is 0. The fourth-order valence-electron chi connectivity index (χ4n) is 1.66. The Kier molecular flexibility index (Phi) is 3.58. The molecule has 2 N–H and O–H groups in total. The molecule has 5 nitrogen and oxygen atoms in total. The summed E-state index contributed by atoms with van der Waals surface area (Å²) >= 11 is 7.33. The average molecular weight is 304 g/mol. The quantitative estimate of drug-likeness (QED) is 0.753. The molecule has 0 aliphatic rings. The van der Waals surface area contributed by atoms with E-state index in [9.17, 15) is 0 Å². The van der Waals surface area contributed by atoms with Crippen LogP contribution in [0.25, 0.3) is 5.82 Å². The van der Waals surface area contributed by atoms with Crippen molar-refractivity contribution in [3.8, 4) is 5.82 Å². The van der Waals surface area contributed by atoms with Crippen LogP contribution in [0.2, 0.25) is 5.02 Å². The van der Waals surface area contributed by atoms with Crippen LogP contribution in [0.3, 0.4) is 0 Å². The molecule has 2 aromatic heterocycles. The molecule has 100 valence electrons. The molecule has 0 amide bonds. The summed E-state index contributed by atoms with van der Waals surface area (Å²) in [7, 11) is 0. The molecule has 1 aromatic carbocycles. The molecule has 0 aliphatic carbocycles. The van der Waals surface area contributed by atoms with Gasteiger partial charge in [-0.25, -0.2) is 15.0 Å². The van der Waals surface area contributed by atoms with Crippen molar-refractivity contribution in [2.45, 2.75) is 9.92 Å². The van der Waals surface area contributed by atoms with E-state index in [-0.39, 0.29) is 0 Å². The first-order valence-electron chi connectivity index (χ1n) is 5.76. The van der Waals surface area contributed by atoms with Crippen LogP contribution in [0.5, 0.6) is 0 Å². The predicted molar refractivity (Wildman–Crippen MR) is 79.1 cm³/mol. The van der Waals surface area contributed by atoms with Crippen molar-refractivity contribution in [2.75, 3.05) is 5.73 Å². The van der Waals surface area contributed by atoms with Gasteiger partial charge in [-0.15, -0.1) is 0 Å². The zero-order valence-corrected chi connectivity index (χ0v) is 11.8. The lowest BCUT2D eigenvalue weighted by molar-refractivity contribution is 0.942. The first-order chi connectivity index (χ1) is 9.74. The highest BCUT2D eigenvalue weighted by Crippen LogP contribution is 2.32. The summed E-state index contributed by atoms with van der Waals surface area (Å²) in [5.74, 6) is 0.619. The number of hydrogen-bond acceptors (Lipinski definition) is 5. The molecule has 0 saturated heterocycles. The van der Waals surface area contributed by atoms with Gasteiger partial charge >= 0.3 is 0 Å². The van der Waals surface area contributed by atoms with Crippen molar-refractivity contribution in [3.63, 3.8) is 0 Å². The first-order valence-corrected chi connectivity index (χ1v) is 6.96. The van der Waals surface area contributed by atoms with Gasteiger partial charge in [-0.05, 0) is 24.3 Å². The van der Waals surface area contributed by atoms with Gasteiger partial charge in [0.05, 0.1) is 0 Å². The van der Waals surface area contributed by atoms with E-state index in [1.54, 1.807) is 23.3 Å². The molecule has 2 heterocycles. The Morgan fingerprint density at radius 2 is 1.95 bits per heavy atom. The molecule has 0 saturated carbocycles. The largest absolute Gasteiger partial charge is 0.393 e. The second kappa shape index (κ2) is 5.52. The van der Waals surface area contributed by atoms with Gasteiger partial charge in [0.1, 0.15) is 23.4 Å². The van der Waals surface area contributed by atoms with E-state index in [4.69, 9.17) is 17.3 Å². The number of benzene rings is 1. The summed E-state index contributed by atoms with van der Waals surface area (Å²) in [6.45, 7) is 0. The van der Waals surface area contributed by atoms with E-state index in [0.717, 1.165) is 4.90 Å². The lowest BCUT2D eigenvalue weighted by Gasteiger charge is -2.09. The molecule has 0 aliphatic heterocycles. The number of halogens is 1. The van der Waals surface area contributed by atoms with Gasteiger partial charge in [-0.2, -0.15) is 0 Å². The van der Waals surface area contributed by atoms with Gasteiger partial charge in [-0.1, -0.05) is 23.4 Å². The number of nitrogens with zero attached hydrogens (tertiary/aromatic N) is 4. The van der Waals surface area contributed by atoms with Crippen LogP contribution in [-0.2, 0) is 0 Å². The van der Waals surface area contributed by atoms with Gasteiger partial charge in [0, 0.05) is 22.3 Å². The predicted octanol–water partition coefficient (Wildman–Crippen LogP) is 3.05. The molecule has 3 aromatic rings. The maximum atomic E-state index is 6.13. The van der Waals surface area contributed by atoms with Crippen molar-refractivity contribution in [2.24, 2.45) is 0 Å². The second-order valence-corrected chi connectivity index (χ2v) is 5.44. The molecule has 0 bridgehead atoms. The summed E-state index contributed by atoms with van der Waals surface area (Å²) in [6, 6.07) is 7.51. The molecule has 0 unspecified atom stereocenters. The third-order valence-electron chi connectivity index (χ3n) is 2.60. The van der Waals surface area contributed by atoms with Gasteiger partial charge < -0.3 is 5.73 Å². The normalized spacial score (nSPS) is 10.7. The number of hydrogen-bond donors (Lipinski definition) is 1. The highest BCUT2D eigenvalue weighted by molar-refractivity contribution is 7.99. The third kappa shape index (κ3) is 2.61. The Bertz CT molecular complexity index is 712. The summed E-state index contributed by atoms with van der Waals surface area (Å²) in [6.07, 6.45) is 6.60. The standard InChI is InChI=1S/C13H10ClN5S/c14-9-1-3-10(4-2-9)20-13-11(15)12(17-7-18-13)19-6-5-16-8-19/h1-8H,15H2. The Morgan fingerprint density at radius 3 is 2.65 bits per heavy atom. The smallest absolute Gasteiger partial charge is 0.165 e. The summed E-state index contributed by atoms with van der Waals surface area (Å²) in [4.78, 5) is 13.4. The SMILES string of the molecule is Nc1c(Sc2ccc(Cl)cc2)ncnc1-n1ccnc1. The summed E-state index contributed by atoms with van der Waals surface area (Å²) < 4.78 is 1.75. The molecule has 7 heteroatoms. The lowest BCUT2D eigenvalue weighted by Crippen LogP contribution is -2.03. The van der Waals surface area contributed by atoms with E-state index in [2.05, 4.69) is 15.0 Å². The van der Waals surface area contributed by atoms with Crippen LogP contribution >= 0.6 is 23.4 Å².